The lowest BCUT2D eigenvalue weighted by atomic mass is 10.0. The molecular weight excluding hydrogens is 512 g/mol. The number of methoxy groups -OCH3 is 1. The van der Waals surface area contributed by atoms with Crippen LogP contribution in [0.4, 0.5) is 10.6 Å². The third-order valence-corrected chi connectivity index (χ3v) is 6.41. The lowest BCUT2D eigenvalue weighted by molar-refractivity contribution is 0.108. The minimum atomic E-state index is -0.694. The molecule has 2 heterocycles. The molecule has 0 saturated carbocycles. The van der Waals surface area contributed by atoms with Crippen LogP contribution in [0.3, 0.4) is 0 Å². The van der Waals surface area contributed by atoms with E-state index in [9.17, 15) is 15.0 Å². The topological polar surface area (TPSA) is 144 Å². The van der Waals surface area contributed by atoms with E-state index in [0.717, 1.165) is 0 Å². The number of aromatic nitrogens is 2. The smallest absolute Gasteiger partial charge is 0.410 e. The van der Waals surface area contributed by atoms with E-state index >= 15 is 0 Å². The molecule has 2 aromatic rings. The van der Waals surface area contributed by atoms with Gasteiger partial charge in [0.05, 0.1) is 30.1 Å². The molecule has 4 N–H and O–H groups in total. The first-order valence-corrected chi connectivity index (χ1v) is 12.6. The van der Waals surface area contributed by atoms with Crippen LogP contribution >= 0.6 is 11.6 Å². The Hall–Kier alpha value is -3.41. The van der Waals surface area contributed by atoms with Gasteiger partial charge >= 0.3 is 6.09 Å². The minimum Gasteiger partial charge on any atom is -0.512 e. The van der Waals surface area contributed by atoms with Crippen molar-refractivity contribution in [2.45, 2.75) is 33.3 Å². The quantitative estimate of drug-likeness (QED) is 0.273. The first-order valence-electron chi connectivity index (χ1n) is 12.2. The lowest BCUT2D eigenvalue weighted by Gasteiger charge is -2.36. The van der Waals surface area contributed by atoms with E-state index in [0.29, 0.717) is 59.5 Å². The zero-order valence-electron chi connectivity index (χ0n) is 22.3. The molecule has 0 unspecified atom stereocenters. The first-order chi connectivity index (χ1) is 18.1. The summed E-state index contributed by atoms with van der Waals surface area (Å²) < 4.78 is 10.7. The summed E-state index contributed by atoms with van der Waals surface area (Å²) >= 11 is 6.58. The number of halogens is 1. The predicted molar refractivity (Wildman–Crippen MR) is 147 cm³/mol. The van der Waals surface area contributed by atoms with Gasteiger partial charge in [-0.15, -0.1) is 0 Å². The Morgan fingerprint density at radius 3 is 2.66 bits per heavy atom. The number of amides is 1. The van der Waals surface area contributed by atoms with Crippen LogP contribution in [0, 0.1) is 12.3 Å². The largest absolute Gasteiger partial charge is 0.512 e. The van der Waals surface area contributed by atoms with Crippen LogP contribution in [0.2, 0.25) is 5.02 Å². The van der Waals surface area contributed by atoms with Crippen LogP contribution in [0.25, 0.3) is 17.0 Å². The summed E-state index contributed by atoms with van der Waals surface area (Å²) in [5, 5.41) is 32.0. The van der Waals surface area contributed by atoms with Crippen LogP contribution < -0.4 is 15.0 Å². The number of allylic oxidation sites excluding steroid dienone is 2. The molecule has 12 heteroatoms. The Morgan fingerprint density at radius 1 is 1.29 bits per heavy atom. The third kappa shape index (κ3) is 6.72. The lowest BCUT2D eigenvalue weighted by Crippen LogP contribution is -2.48. The number of anilines is 1. The number of ether oxygens (including phenoxy) is 2. The molecule has 1 aromatic heterocycles. The molecule has 1 aromatic carbocycles. The summed E-state index contributed by atoms with van der Waals surface area (Å²) in [6.07, 6.45) is -0.425. The van der Waals surface area contributed by atoms with Crippen LogP contribution in [0.15, 0.2) is 24.0 Å². The number of benzene rings is 1. The summed E-state index contributed by atoms with van der Waals surface area (Å²) in [6, 6.07) is 5.04. The molecule has 1 aliphatic heterocycles. The van der Waals surface area contributed by atoms with E-state index in [2.05, 4.69) is 5.32 Å². The minimum absolute atomic E-state index is 0.0484. The maximum Gasteiger partial charge on any atom is 0.410 e. The van der Waals surface area contributed by atoms with Gasteiger partial charge in [-0.1, -0.05) is 11.6 Å². The fourth-order valence-electron chi connectivity index (χ4n) is 4.30. The van der Waals surface area contributed by atoms with Crippen molar-refractivity contribution in [1.29, 1.82) is 5.41 Å². The Balaban J connectivity index is 2.14. The van der Waals surface area contributed by atoms with Gasteiger partial charge in [-0.3, -0.25) is 4.90 Å². The summed E-state index contributed by atoms with van der Waals surface area (Å²) in [4.78, 5) is 25.3. The SMILES string of the molecule is CNC[C@@H](O)COc1ccc(Cl)c(-c2nc(/C(C(C)=N)=C(\C)O)c(C)c(N3CCCN(C(=O)OC)C3)n2)c1. The second-order valence-electron chi connectivity index (χ2n) is 9.09. The third-order valence-electron chi connectivity index (χ3n) is 6.08. The van der Waals surface area contributed by atoms with E-state index in [1.54, 1.807) is 37.1 Å². The number of nitrogens with zero attached hydrogens (tertiary/aromatic N) is 4. The fourth-order valence-corrected chi connectivity index (χ4v) is 4.50. The summed E-state index contributed by atoms with van der Waals surface area (Å²) in [6.45, 7) is 6.80. The monoisotopic (exact) mass is 546 g/mol. The Kier molecular flexibility index (Phi) is 9.90. The number of carbonyl (C=O) groups is 1. The Labute approximate surface area is 227 Å². The first kappa shape index (κ1) is 29.2. The number of likely N-dealkylation sites (N-methyl/N-ethyl adjacent to an activating group) is 1. The summed E-state index contributed by atoms with van der Waals surface area (Å²) in [7, 11) is 3.09. The molecule has 0 bridgehead atoms. The van der Waals surface area contributed by atoms with Crippen molar-refractivity contribution in [3.63, 3.8) is 0 Å². The van der Waals surface area contributed by atoms with Crippen molar-refractivity contribution in [2.24, 2.45) is 0 Å². The number of hydrogen-bond donors (Lipinski definition) is 4. The van der Waals surface area contributed by atoms with Gasteiger partial charge in [-0.05, 0) is 52.4 Å². The van der Waals surface area contributed by atoms with Gasteiger partial charge < -0.3 is 35.3 Å². The van der Waals surface area contributed by atoms with Crippen LogP contribution in [0.5, 0.6) is 5.75 Å². The molecule has 3 rings (SSSR count). The maximum atomic E-state index is 12.2. The number of hydrogen-bond acceptors (Lipinski definition) is 10. The molecule has 1 aliphatic rings. The van der Waals surface area contributed by atoms with Gasteiger partial charge in [0.25, 0.3) is 0 Å². The van der Waals surface area contributed by atoms with Crippen molar-refractivity contribution >= 4 is 34.8 Å². The number of aliphatic hydroxyl groups excluding tert-OH is 2. The number of aliphatic hydroxyl groups is 2. The van der Waals surface area contributed by atoms with E-state index in [-0.39, 0.29) is 36.1 Å². The highest BCUT2D eigenvalue weighted by atomic mass is 35.5. The second kappa shape index (κ2) is 12.9. The number of carbonyl (C=O) groups excluding carboxylic acids is 1. The van der Waals surface area contributed by atoms with E-state index in [1.165, 1.54) is 14.0 Å². The Morgan fingerprint density at radius 2 is 2.03 bits per heavy atom. The van der Waals surface area contributed by atoms with Crippen LogP contribution in [0.1, 0.15) is 31.5 Å². The fraction of sp³-hybridized carbons (Fsp3) is 0.462. The molecule has 0 spiro atoms. The number of rotatable bonds is 9. The van der Waals surface area contributed by atoms with Gasteiger partial charge in [0.1, 0.15) is 30.0 Å². The van der Waals surface area contributed by atoms with Crippen molar-refractivity contribution in [2.75, 3.05) is 52.0 Å². The van der Waals surface area contributed by atoms with E-state index in [4.69, 9.17) is 36.5 Å². The molecule has 0 radical (unpaired) electrons. The van der Waals surface area contributed by atoms with Crippen LogP contribution in [-0.4, -0.2) is 90.1 Å². The van der Waals surface area contributed by atoms with Crippen molar-refractivity contribution < 1.29 is 24.5 Å². The van der Waals surface area contributed by atoms with Gasteiger partial charge in [0.2, 0.25) is 0 Å². The normalized spacial score (nSPS) is 15.1. The standard InChI is InChI=1S/C26H35ClN6O5/c1-15-23(22(16(2)28)17(3)34)30-24(31-25(15)32-9-6-10-33(14-32)26(36)37-5)20-11-19(7-8-21(20)27)38-13-18(35)12-29-4/h7-8,11,18,28-29,34-35H,6,9-10,12-14H2,1-5H3/b22-17+,28-16?/t18-/m1/s1. The average Bonchev–Trinajstić information content (AvgIpc) is 2.88. The van der Waals surface area contributed by atoms with Crippen molar-refractivity contribution in [1.82, 2.24) is 20.2 Å². The van der Waals surface area contributed by atoms with Crippen LogP contribution in [-0.2, 0) is 4.74 Å². The molecule has 1 amide bonds. The highest BCUT2D eigenvalue weighted by Crippen LogP contribution is 2.35. The highest BCUT2D eigenvalue weighted by molar-refractivity contribution is 6.33. The maximum absolute atomic E-state index is 12.2. The molecule has 0 aliphatic carbocycles. The molecule has 38 heavy (non-hydrogen) atoms. The molecule has 1 fully saturated rings. The predicted octanol–water partition coefficient (Wildman–Crippen LogP) is 3.63. The molecule has 206 valence electrons. The van der Waals surface area contributed by atoms with E-state index < -0.39 is 12.2 Å². The second-order valence-corrected chi connectivity index (χ2v) is 9.49. The zero-order valence-corrected chi connectivity index (χ0v) is 23.1. The van der Waals surface area contributed by atoms with Gasteiger partial charge in [-0.2, -0.15) is 0 Å². The molecule has 1 atom stereocenters. The molecule has 1 saturated heterocycles. The summed E-state index contributed by atoms with van der Waals surface area (Å²) in [5.41, 5.74) is 1.94. The van der Waals surface area contributed by atoms with Gasteiger partial charge in [0, 0.05) is 36.5 Å². The average molecular weight is 547 g/mol. The molecular formula is C26H35ClN6O5. The zero-order chi connectivity index (χ0) is 28.0. The van der Waals surface area contributed by atoms with Crippen molar-refractivity contribution in [3.05, 3.63) is 40.2 Å². The van der Waals surface area contributed by atoms with Gasteiger partial charge in [0.15, 0.2) is 5.82 Å². The van der Waals surface area contributed by atoms with Crippen molar-refractivity contribution in [3.8, 4) is 17.1 Å². The Bertz CT molecular complexity index is 1220. The van der Waals surface area contributed by atoms with Gasteiger partial charge in [-0.25, -0.2) is 14.8 Å². The van der Waals surface area contributed by atoms with E-state index in [1.807, 2.05) is 11.8 Å². The summed E-state index contributed by atoms with van der Waals surface area (Å²) in [5.74, 6) is 1.24. The molecule has 11 nitrogen and oxygen atoms in total. The highest BCUT2D eigenvalue weighted by Gasteiger charge is 2.28. The number of nitrogens with one attached hydrogen (secondary N) is 2.